The van der Waals surface area contributed by atoms with E-state index < -0.39 is 5.97 Å². The monoisotopic (exact) mass is 235 g/mol. The molecule has 1 amide bonds. The molecule has 0 atom stereocenters. The van der Waals surface area contributed by atoms with E-state index in [-0.39, 0.29) is 24.2 Å². The highest BCUT2D eigenvalue weighted by Gasteiger charge is 2.34. The zero-order valence-electron chi connectivity index (χ0n) is 9.17. The minimum atomic E-state index is -1.01. The Morgan fingerprint density at radius 3 is 2.29 bits per heavy atom. The second-order valence-electron chi connectivity index (χ2n) is 4.10. The topological polar surface area (TPSA) is 77.8 Å². The quantitative estimate of drug-likeness (QED) is 0.818. The molecule has 0 unspecified atom stereocenters. The van der Waals surface area contributed by atoms with E-state index in [0.717, 1.165) is 12.8 Å². The van der Waals surface area contributed by atoms with Crippen molar-refractivity contribution < 1.29 is 19.8 Å². The van der Waals surface area contributed by atoms with Crippen molar-refractivity contribution in [2.24, 2.45) is 0 Å². The van der Waals surface area contributed by atoms with E-state index >= 15 is 0 Å². The van der Waals surface area contributed by atoms with Gasteiger partial charge in [0.1, 0.15) is 12.3 Å². The van der Waals surface area contributed by atoms with Crippen molar-refractivity contribution in [1.29, 1.82) is 0 Å². The zero-order valence-corrected chi connectivity index (χ0v) is 9.17. The number of phenolic OH excluding ortho intramolecular Hbond substituents is 1. The highest BCUT2D eigenvalue weighted by atomic mass is 16.4. The minimum Gasteiger partial charge on any atom is -0.508 e. The second kappa shape index (κ2) is 4.45. The predicted molar refractivity (Wildman–Crippen MR) is 59.8 cm³/mol. The fraction of sp³-hybridized carbons (Fsp3) is 0.333. The molecule has 90 valence electrons. The second-order valence-corrected chi connectivity index (χ2v) is 4.10. The fourth-order valence-corrected chi connectivity index (χ4v) is 1.67. The van der Waals surface area contributed by atoms with Crippen LogP contribution in [0.4, 0.5) is 0 Å². The molecule has 2 rings (SSSR count). The van der Waals surface area contributed by atoms with E-state index in [2.05, 4.69) is 0 Å². The van der Waals surface area contributed by atoms with Gasteiger partial charge in [-0.25, -0.2) is 0 Å². The first-order valence-electron chi connectivity index (χ1n) is 5.39. The van der Waals surface area contributed by atoms with Gasteiger partial charge in [0.2, 0.25) is 0 Å². The highest BCUT2D eigenvalue weighted by molar-refractivity contribution is 5.96. The molecule has 0 spiro atoms. The molecule has 2 N–H and O–H groups in total. The summed E-state index contributed by atoms with van der Waals surface area (Å²) in [5.41, 5.74) is 0.399. The molecule has 0 aliphatic heterocycles. The van der Waals surface area contributed by atoms with Crippen LogP contribution in [0.1, 0.15) is 23.2 Å². The van der Waals surface area contributed by atoms with Crippen LogP contribution in [-0.2, 0) is 4.79 Å². The van der Waals surface area contributed by atoms with Gasteiger partial charge in [0.25, 0.3) is 5.91 Å². The Balaban J connectivity index is 2.15. The molecule has 5 heteroatoms. The zero-order chi connectivity index (χ0) is 12.4. The molecule has 0 radical (unpaired) electrons. The lowest BCUT2D eigenvalue weighted by Gasteiger charge is -2.20. The Morgan fingerprint density at radius 1 is 1.24 bits per heavy atom. The van der Waals surface area contributed by atoms with Crippen molar-refractivity contribution in [3.8, 4) is 5.75 Å². The third kappa shape index (κ3) is 2.75. The number of phenols is 1. The van der Waals surface area contributed by atoms with Crippen LogP contribution in [0.3, 0.4) is 0 Å². The number of benzene rings is 1. The summed E-state index contributed by atoms with van der Waals surface area (Å²) in [4.78, 5) is 24.1. The Morgan fingerprint density at radius 2 is 1.82 bits per heavy atom. The van der Waals surface area contributed by atoms with Crippen LogP contribution in [-0.4, -0.2) is 39.6 Å². The summed E-state index contributed by atoms with van der Waals surface area (Å²) < 4.78 is 0. The molecule has 0 heterocycles. The molecule has 5 nitrogen and oxygen atoms in total. The summed E-state index contributed by atoms with van der Waals surface area (Å²) in [6.07, 6.45) is 1.72. The number of nitrogens with zero attached hydrogens (tertiary/aromatic N) is 1. The number of carboxylic acids is 1. The van der Waals surface area contributed by atoms with Gasteiger partial charge in [-0.2, -0.15) is 0 Å². The number of hydrogen-bond donors (Lipinski definition) is 2. The first-order valence-corrected chi connectivity index (χ1v) is 5.39. The number of aliphatic carboxylic acids is 1. The maximum atomic E-state index is 12.1. The molecule has 1 saturated carbocycles. The molecule has 1 aliphatic rings. The van der Waals surface area contributed by atoms with Gasteiger partial charge >= 0.3 is 5.97 Å². The van der Waals surface area contributed by atoms with Gasteiger partial charge in [0, 0.05) is 11.6 Å². The smallest absolute Gasteiger partial charge is 0.323 e. The van der Waals surface area contributed by atoms with E-state index in [1.807, 2.05) is 0 Å². The van der Waals surface area contributed by atoms with E-state index in [4.69, 9.17) is 10.2 Å². The SMILES string of the molecule is O=C(O)CN(C(=O)c1ccc(O)cc1)C1CC1. The van der Waals surface area contributed by atoms with Gasteiger partial charge in [-0.3, -0.25) is 9.59 Å². The summed E-state index contributed by atoms with van der Waals surface area (Å²) in [7, 11) is 0. The highest BCUT2D eigenvalue weighted by Crippen LogP contribution is 2.28. The molecular weight excluding hydrogens is 222 g/mol. The van der Waals surface area contributed by atoms with Crippen molar-refractivity contribution >= 4 is 11.9 Å². The summed E-state index contributed by atoms with van der Waals surface area (Å²) in [5, 5.41) is 17.9. The van der Waals surface area contributed by atoms with Gasteiger partial charge in [-0.05, 0) is 37.1 Å². The molecule has 0 bridgehead atoms. The number of rotatable bonds is 4. The summed E-state index contributed by atoms with van der Waals surface area (Å²) in [6.45, 7) is -0.273. The number of carbonyl (C=O) groups is 2. The van der Waals surface area contributed by atoms with Crippen LogP contribution in [0.2, 0.25) is 0 Å². The Kier molecular flexibility index (Phi) is 2.99. The van der Waals surface area contributed by atoms with Crippen LogP contribution < -0.4 is 0 Å². The van der Waals surface area contributed by atoms with Crippen LogP contribution in [0.5, 0.6) is 5.75 Å². The van der Waals surface area contributed by atoms with Gasteiger partial charge in [-0.1, -0.05) is 0 Å². The minimum absolute atomic E-state index is 0.0485. The molecule has 1 aliphatic carbocycles. The van der Waals surface area contributed by atoms with E-state index in [9.17, 15) is 9.59 Å². The number of carboxylic acid groups (broad SMARTS) is 1. The lowest BCUT2D eigenvalue weighted by Crippen LogP contribution is -2.37. The standard InChI is InChI=1S/C12H13NO4/c14-10-5-1-8(2-6-10)12(17)13(7-11(15)16)9-3-4-9/h1-2,5-6,9,14H,3-4,7H2,(H,15,16). The van der Waals surface area contributed by atoms with E-state index in [1.54, 1.807) is 0 Å². The van der Waals surface area contributed by atoms with E-state index in [0.29, 0.717) is 5.56 Å². The average Bonchev–Trinajstić information content (AvgIpc) is 3.09. The molecule has 1 aromatic rings. The number of hydrogen-bond acceptors (Lipinski definition) is 3. The van der Waals surface area contributed by atoms with Crippen molar-refractivity contribution in [3.63, 3.8) is 0 Å². The Labute approximate surface area is 98.3 Å². The molecule has 0 aromatic heterocycles. The largest absolute Gasteiger partial charge is 0.508 e. The lowest BCUT2D eigenvalue weighted by atomic mass is 10.2. The number of aromatic hydroxyl groups is 1. The Bertz CT molecular complexity index is 436. The lowest BCUT2D eigenvalue weighted by molar-refractivity contribution is -0.137. The van der Waals surface area contributed by atoms with Gasteiger partial charge in [0.05, 0.1) is 0 Å². The maximum absolute atomic E-state index is 12.1. The van der Waals surface area contributed by atoms with Crippen LogP contribution in [0, 0.1) is 0 Å². The predicted octanol–water partition coefficient (Wildman–Crippen LogP) is 1.08. The third-order valence-corrected chi connectivity index (χ3v) is 2.67. The Hall–Kier alpha value is -2.04. The van der Waals surface area contributed by atoms with Crippen molar-refractivity contribution in [2.45, 2.75) is 18.9 Å². The summed E-state index contributed by atoms with van der Waals surface area (Å²) in [5.74, 6) is -1.23. The fourth-order valence-electron chi connectivity index (χ4n) is 1.67. The van der Waals surface area contributed by atoms with Gasteiger partial charge in [0.15, 0.2) is 0 Å². The van der Waals surface area contributed by atoms with Crippen LogP contribution in [0.25, 0.3) is 0 Å². The van der Waals surface area contributed by atoms with Gasteiger partial charge in [-0.15, -0.1) is 0 Å². The molecule has 17 heavy (non-hydrogen) atoms. The molecule has 1 aromatic carbocycles. The number of amides is 1. The third-order valence-electron chi connectivity index (χ3n) is 2.67. The van der Waals surface area contributed by atoms with Crippen LogP contribution in [0.15, 0.2) is 24.3 Å². The summed E-state index contributed by atoms with van der Waals surface area (Å²) >= 11 is 0. The average molecular weight is 235 g/mol. The van der Waals surface area contributed by atoms with Gasteiger partial charge < -0.3 is 15.1 Å². The van der Waals surface area contributed by atoms with Crippen molar-refractivity contribution in [1.82, 2.24) is 4.90 Å². The molecule has 1 fully saturated rings. The normalized spacial score (nSPS) is 14.4. The van der Waals surface area contributed by atoms with E-state index in [1.165, 1.54) is 29.2 Å². The maximum Gasteiger partial charge on any atom is 0.323 e. The molecular formula is C12H13NO4. The van der Waals surface area contributed by atoms with Crippen LogP contribution >= 0.6 is 0 Å². The summed E-state index contributed by atoms with van der Waals surface area (Å²) in [6, 6.07) is 5.87. The first-order chi connectivity index (χ1) is 8.08. The van der Waals surface area contributed by atoms with Crippen molar-refractivity contribution in [2.75, 3.05) is 6.54 Å². The van der Waals surface area contributed by atoms with Crippen molar-refractivity contribution in [3.05, 3.63) is 29.8 Å². The molecule has 0 saturated heterocycles. The first kappa shape index (κ1) is 11.4. The number of carbonyl (C=O) groups excluding carboxylic acids is 1.